The molecule has 1 heterocycles. The minimum atomic E-state index is -1.40. The number of benzene rings is 2. The van der Waals surface area contributed by atoms with Crippen LogP contribution in [-0.4, -0.2) is 35.2 Å². The van der Waals surface area contributed by atoms with Gasteiger partial charge in [-0.15, -0.1) is 0 Å². The van der Waals surface area contributed by atoms with Crippen LogP contribution >= 0.6 is 0 Å². The smallest absolute Gasteiger partial charge is 0.243 e. The van der Waals surface area contributed by atoms with Crippen molar-refractivity contribution in [3.63, 3.8) is 0 Å². The maximum atomic E-state index is 15.5. The monoisotopic (exact) mass is 575 g/mol. The Morgan fingerprint density at radius 2 is 1.54 bits per heavy atom. The van der Waals surface area contributed by atoms with Crippen molar-refractivity contribution in [2.24, 2.45) is 5.92 Å². The lowest BCUT2D eigenvalue weighted by Gasteiger charge is -2.34. The number of ether oxygens (including phenoxy) is 2. The fourth-order valence-electron chi connectivity index (χ4n) is 6.53. The van der Waals surface area contributed by atoms with Crippen molar-refractivity contribution in [3.05, 3.63) is 58.9 Å². The van der Waals surface area contributed by atoms with E-state index in [9.17, 15) is 13.6 Å². The second kappa shape index (κ2) is 12.8. The number of rotatable bonds is 9. The van der Waals surface area contributed by atoms with E-state index in [0.29, 0.717) is 0 Å². The van der Waals surface area contributed by atoms with E-state index < -0.39 is 41.0 Å². The number of methoxy groups -OCH3 is 1. The molecule has 2 saturated carbocycles. The Morgan fingerprint density at radius 1 is 0.927 bits per heavy atom. The lowest BCUT2D eigenvalue weighted by Crippen LogP contribution is -2.44. The predicted molar refractivity (Wildman–Crippen MR) is 147 cm³/mol. The molecule has 2 atom stereocenters. The van der Waals surface area contributed by atoms with Gasteiger partial charge in [0.15, 0.2) is 11.6 Å². The summed E-state index contributed by atoms with van der Waals surface area (Å²) in [6.07, 6.45) is 7.84. The van der Waals surface area contributed by atoms with Crippen LogP contribution < -0.4 is 10.1 Å². The first-order chi connectivity index (χ1) is 19.8. The van der Waals surface area contributed by atoms with E-state index in [1.165, 1.54) is 11.7 Å². The van der Waals surface area contributed by atoms with Crippen molar-refractivity contribution < 1.29 is 31.8 Å². The van der Waals surface area contributed by atoms with Gasteiger partial charge in [0.05, 0.1) is 23.2 Å². The fourth-order valence-corrected chi connectivity index (χ4v) is 6.53. The van der Waals surface area contributed by atoms with E-state index in [-0.39, 0.29) is 47.1 Å². The molecule has 3 aromatic rings. The SMILES string of the molecule is CCOc1cc(F)c(C(OC)c2nc3cc(F)c(F)cc3n2C(C(=O)NC2CCCCC2)C2CCCCC2)c(F)c1. The predicted octanol–water partition coefficient (Wildman–Crippen LogP) is 7.30. The quantitative estimate of drug-likeness (QED) is 0.272. The standard InChI is InChI=1S/C31H37F4N3O3/c1-3-41-20-14-23(34)27(24(35)15-20)29(40-2)30-37-25-16-21(32)22(33)17-26(25)38(30)28(18-10-6-4-7-11-18)31(39)36-19-12-8-5-9-13-19/h14-19,28-29H,3-13H2,1-2H3,(H,36,39). The maximum Gasteiger partial charge on any atom is 0.243 e. The summed E-state index contributed by atoms with van der Waals surface area (Å²) in [6, 6.07) is 3.23. The zero-order valence-corrected chi connectivity index (χ0v) is 23.5. The van der Waals surface area contributed by atoms with Gasteiger partial charge in [0, 0.05) is 37.4 Å². The molecular formula is C31H37F4N3O3. The van der Waals surface area contributed by atoms with Crippen LogP contribution in [0.2, 0.25) is 0 Å². The molecule has 222 valence electrons. The molecule has 6 nitrogen and oxygen atoms in total. The highest BCUT2D eigenvalue weighted by Gasteiger charge is 2.38. The number of amides is 1. The van der Waals surface area contributed by atoms with E-state index in [4.69, 9.17) is 9.47 Å². The molecule has 0 spiro atoms. The zero-order chi connectivity index (χ0) is 29.1. The average molecular weight is 576 g/mol. The summed E-state index contributed by atoms with van der Waals surface area (Å²) in [7, 11) is 1.28. The maximum absolute atomic E-state index is 15.5. The molecule has 0 bridgehead atoms. The van der Waals surface area contributed by atoms with Gasteiger partial charge < -0.3 is 19.4 Å². The van der Waals surface area contributed by atoms with Crippen molar-refractivity contribution in [2.45, 2.75) is 89.3 Å². The summed E-state index contributed by atoms with van der Waals surface area (Å²) in [5.41, 5.74) is -0.190. The molecule has 2 aliphatic rings. The molecule has 5 rings (SSSR count). The van der Waals surface area contributed by atoms with Crippen molar-refractivity contribution in [1.29, 1.82) is 0 Å². The molecular weight excluding hydrogens is 538 g/mol. The Hall–Kier alpha value is -3.14. The summed E-state index contributed by atoms with van der Waals surface area (Å²) in [6.45, 7) is 1.92. The number of carbonyl (C=O) groups is 1. The Balaban J connectivity index is 1.69. The molecule has 2 unspecified atom stereocenters. The van der Waals surface area contributed by atoms with Gasteiger partial charge >= 0.3 is 0 Å². The number of aromatic nitrogens is 2. The summed E-state index contributed by atoms with van der Waals surface area (Å²) >= 11 is 0. The van der Waals surface area contributed by atoms with Gasteiger partial charge in [-0.3, -0.25) is 4.79 Å². The third-order valence-corrected chi connectivity index (χ3v) is 8.45. The van der Waals surface area contributed by atoms with Crippen LogP contribution in [0.15, 0.2) is 24.3 Å². The number of nitrogens with one attached hydrogen (secondary N) is 1. The fraction of sp³-hybridized carbons (Fsp3) is 0.548. The van der Waals surface area contributed by atoms with E-state index in [1.807, 2.05) is 0 Å². The first-order valence-electron chi connectivity index (χ1n) is 14.6. The largest absolute Gasteiger partial charge is 0.494 e. The molecule has 2 fully saturated rings. The number of carbonyl (C=O) groups excluding carboxylic acids is 1. The number of fused-ring (bicyclic) bond motifs is 1. The zero-order valence-electron chi connectivity index (χ0n) is 23.5. The normalized spacial score (nSPS) is 18.4. The summed E-state index contributed by atoms with van der Waals surface area (Å²) in [4.78, 5) is 18.7. The molecule has 10 heteroatoms. The van der Waals surface area contributed by atoms with Gasteiger partial charge in [-0.25, -0.2) is 22.5 Å². The van der Waals surface area contributed by atoms with Crippen LogP contribution in [-0.2, 0) is 9.53 Å². The highest BCUT2D eigenvalue weighted by Crippen LogP contribution is 2.41. The molecule has 0 radical (unpaired) electrons. The first kappa shape index (κ1) is 29.4. The minimum Gasteiger partial charge on any atom is -0.494 e. The molecule has 1 N–H and O–H groups in total. The second-order valence-corrected chi connectivity index (χ2v) is 11.1. The summed E-state index contributed by atoms with van der Waals surface area (Å²) in [5.74, 6) is -4.42. The molecule has 1 amide bonds. The number of hydrogen-bond acceptors (Lipinski definition) is 4. The molecule has 41 heavy (non-hydrogen) atoms. The lowest BCUT2D eigenvalue weighted by molar-refractivity contribution is -0.127. The topological polar surface area (TPSA) is 65.4 Å². The highest BCUT2D eigenvalue weighted by molar-refractivity contribution is 5.85. The van der Waals surface area contributed by atoms with E-state index in [1.54, 1.807) is 6.92 Å². The van der Waals surface area contributed by atoms with E-state index in [2.05, 4.69) is 10.3 Å². The molecule has 2 aliphatic carbocycles. The van der Waals surface area contributed by atoms with Crippen LogP contribution in [0, 0.1) is 29.2 Å². The third kappa shape index (κ3) is 6.08. The van der Waals surface area contributed by atoms with E-state index in [0.717, 1.165) is 88.5 Å². The van der Waals surface area contributed by atoms with Crippen LogP contribution in [0.3, 0.4) is 0 Å². The molecule has 0 saturated heterocycles. The van der Waals surface area contributed by atoms with Crippen molar-refractivity contribution in [2.75, 3.05) is 13.7 Å². The number of imidazole rings is 1. The Kier molecular flexibility index (Phi) is 9.16. The Morgan fingerprint density at radius 3 is 2.15 bits per heavy atom. The molecule has 0 aliphatic heterocycles. The lowest BCUT2D eigenvalue weighted by atomic mass is 9.82. The first-order valence-corrected chi connectivity index (χ1v) is 14.6. The van der Waals surface area contributed by atoms with Crippen molar-refractivity contribution >= 4 is 16.9 Å². The van der Waals surface area contributed by atoms with Crippen LogP contribution in [0.1, 0.15) is 94.7 Å². The van der Waals surface area contributed by atoms with Gasteiger partial charge in [-0.1, -0.05) is 38.5 Å². The third-order valence-electron chi connectivity index (χ3n) is 8.45. The van der Waals surface area contributed by atoms with Gasteiger partial charge in [0.1, 0.15) is 35.4 Å². The molecule has 2 aromatic carbocycles. The average Bonchev–Trinajstić information content (AvgIpc) is 3.29. The number of halogens is 4. The Labute approximate surface area is 237 Å². The Bertz CT molecular complexity index is 1360. The van der Waals surface area contributed by atoms with Gasteiger partial charge in [0.25, 0.3) is 0 Å². The summed E-state index contributed by atoms with van der Waals surface area (Å²) in [5, 5.41) is 3.20. The van der Waals surface area contributed by atoms with E-state index >= 15 is 8.78 Å². The van der Waals surface area contributed by atoms with Crippen LogP contribution in [0.5, 0.6) is 5.75 Å². The minimum absolute atomic E-state index is 0.00354. The highest BCUT2D eigenvalue weighted by atomic mass is 19.2. The second-order valence-electron chi connectivity index (χ2n) is 11.1. The van der Waals surface area contributed by atoms with Gasteiger partial charge in [0.2, 0.25) is 5.91 Å². The summed E-state index contributed by atoms with van der Waals surface area (Å²) < 4.78 is 72.5. The number of hydrogen-bond donors (Lipinski definition) is 1. The van der Waals surface area contributed by atoms with Gasteiger partial charge in [-0.2, -0.15) is 0 Å². The number of nitrogens with zero attached hydrogens (tertiary/aromatic N) is 2. The van der Waals surface area contributed by atoms with Crippen LogP contribution in [0.25, 0.3) is 11.0 Å². The van der Waals surface area contributed by atoms with Crippen molar-refractivity contribution in [3.8, 4) is 5.75 Å². The van der Waals surface area contributed by atoms with Crippen molar-refractivity contribution in [1.82, 2.24) is 14.9 Å². The van der Waals surface area contributed by atoms with Crippen LogP contribution in [0.4, 0.5) is 17.6 Å². The van der Waals surface area contributed by atoms with Gasteiger partial charge in [-0.05, 0) is 38.5 Å². The molecule has 1 aromatic heterocycles.